The summed E-state index contributed by atoms with van der Waals surface area (Å²) in [5.41, 5.74) is 3.85. The average Bonchev–Trinajstić information content (AvgIpc) is 3.28. The van der Waals surface area contributed by atoms with E-state index in [1.165, 1.54) is 11.0 Å². The van der Waals surface area contributed by atoms with E-state index in [1.807, 2.05) is 66.5 Å². The van der Waals surface area contributed by atoms with Crippen LogP contribution in [0.4, 0.5) is 15.8 Å². The van der Waals surface area contributed by atoms with E-state index < -0.39 is 0 Å². The molecule has 3 aromatic carbocycles. The first-order valence-electron chi connectivity index (χ1n) is 10.2. The highest BCUT2D eigenvalue weighted by molar-refractivity contribution is 6.06. The molecular formula is C25H26FN3O. The molecular weight excluding hydrogens is 377 g/mol. The monoisotopic (exact) mass is 403 g/mol. The van der Waals surface area contributed by atoms with Crippen molar-refractivity contribution in [1.82, 2.24) is 5.32 Å². The summed E-state index contributed by atoms with van der Waals surface area (Å²) >= 11 is 0. The third-order valence-corrected chi connectivity index (χ3v) is 5.80. The Kier molecular flexibility index (Phi) is 5.81. The van der Waals surface area contributed by atoms with Gasteiger partial charge in [-0.3, -0.25) is 4.79 Å². The molecule has 0 saturated carbocycles. The molecule has 4 nitrogen and oxygen atoms in total. The Bertz CT molecular complexity index is 1020. The highest BCUT2D eigenvalue weighted by atomic mass is 19.1. The van der Waals surface area contributed by atoms with Gasteiger partial charge >= 0.3 is 0 Å². The summed E-state index contributed by atoms with van der Waals surface area (Å²) in [6.07, 6.45) is 0.995. The number of rotatable bonds is 5. The van der Waals surface area contributed by atoms with Gasteiger partial charge in [0.15, 0.2) is 0 Å². The SMILES string of the molecule is CNC1CCN(c2ccc(N(C)C(=O)c3ccc(-c4ccccc4)cc3)cc2F)C1. The summed E-state index contributed by atoms with van der Waals surface area (Å²) in [6, 6.07) is 22.9. The van der Waals surface area contributed by atoms with Crippen LogP contribution in [0.1, 0.15) is 16.8 Å². The molecule has 154 valence electrons. The topological polar surface area (TPSA) is 35.6 Å². The van der Waals surface area contributed by atoms with Gasteiger partial charge in [0.1, 0.15) is 5.82 Å². The normalized spacial score (nSPS) is 16.0. The van der Waals surface area contributed by atoms with E-state index in [-0.39, 0.29) is 11.7 Å². The molecule has 30 heavy (non-hydrogen) atoms. The molecule has 1 aliphatic heterocycles. The van der Waals surface area contributed by atoms with Crippen LogP contribution in [-0.2, 0) is 0 Å². The Morgan fingerprint density at radius 2 is 1.73 bits per heavy atom. The molecule has 3 aromatic rings. The first kappa shape index (κ1) is 20.1. The number of carbonyl (C=O) groups excluding carboxylic acids is 1. The molecule has 1 fully saturated rings. The maximum atomic E-state index is 14.8. The van der Waals surface area contributed by atoms with Gasteiger partial charge in [0.25, 0.3) is 5.91 Å². The van der Waals surface area contributed by atoms with E-state index in [1.54, 1.807) is 19.2 Å². The molecule has 1 saturated heterocycles. The molecule has 1 aliphatic rings. The van der Waals surface area contributed by atoms with Crippen molar-refractivity contribution in [2.45, 2.75) is 12.5 Å². The second kappa shape index (κ2) is 8.67. The molecule has 1 amide bonds. The van der Waals surface area contributed by atoms with E-state index in [2.05, 4.69) is 5.32 Å². The highest BCUT2D eigenvalue weighted by Gasteiger charge is 2.24. The minimum Gasteiger partial charge on any atom is -0.368 e. The van der Waals surface area contributed by atoms with Crippen LogP contribution in [0.2, 0.25) is 0 Å². The quantitative estimate of drug-likeness (QED) is 0.678. The lowest BCUT2D eigenvalue weighted by Crippen LogP contribution is -2.30. The van der Waals surface area contributed by atoms with Crippen LogP contribution in [-0.4, -0.2) is 39.1 Å². The van der Waals surface area contributed by atoms with Crippen molar-refractivity contribution in [3.05, 3.63) is 84.2 Å². The number of nitrogens with one attached hydrogen (secondary N) is 1. The van der Waals surface area contributed by atoms with Crippen molar-refractivity contribution in [2.75, 3.05) is 37.0 Å². The first-order chi connectivity index (χ1) is 14.6. The minimum atomic E-state index is -0.302. The number of hydrogen-bond acceptors (Lipinski definition) is 3. The number of anilines is 2. The van der Waals surface area contributed by atoms with Crippen molar-refractivity contribution >= 4 is 17.3 Å². The first-order valence-corrected chi connectivity index (χ1v) is 10.2. The molecule has 0 aliphatic carbocycles. The molecule has 0 aromatic heterocycles. The van der Waals surface area contributed by atoms with Crippen LogP contribution < -0.4 is 15.1 Å². The number of halogens is 1. The second-order valence-corrected chi connectivity index (χ2v) is 7.66. The van der Waals surface area contributed by atoms with Gasteiger partial charge in [-0.15, -0.1) is 0 Å². The average molecular weight is 404 g/mol. The number of benzene rings is 3. The zero-order chi connectivity index (χ0) is 21.1. The smallest absolute Gasteiger partial charge is 0.258 e. The van der Waals surface area contributed by atoms with E-state index in [0.717, 1.165) is 30.6 Å². The maximum Gasteiger partial charge on any atom is 0.258 e. The Labute approximate surface area is 176 Å². The molecule has 1 atom stereocenters. The Hall–Kier alpha value is -3.18. The van der Waals surface area contributed by atoms with Crippen LogP contribution in [0.25, 0.3) is 11.1 Å². The number of hydrogen-bond donors (Lipinski definition) is 1. The van der Waals surface area contributed by atoms with Crippen LogP contribution >= 0.6 is 0 Å². The summed E-state index contributed by atoms with van der Waals surface area (Å²) in [4.78, 5) is 16.4. The molecule has 1 N–H and O–H groups in total. The van der Waals surface area contributed by atoms with E-state index in [9.17, 15) is 9.18 Å². The molecule has 0 radical (unpaired) electrons. The van der Waals surface area contributed by atoms with Gasteiger partial charge in [-0.25, -0.2) is 4.39 Å². The molecule has 0 spiro atoms. The number of likely N-dealkylation sites (N-methyl/N-ethyl adjacent to an activating group) is 1. The summed E-state index contributed by atoms with van der Waals surface area (Å²) in [6.45, 7) is 1.61. The highest BCUT2D eigenvalue weighted by Crippen LogP contribution is 2.28. The van der Waals surface area contributed by atoms with Gasteiger partial charge < -0.3 is 15.1 Å². The maximum absolute atomic E-state index is 14.8. The minimum absolute atomic E-state index is 0.168. The third kappa shape index (κ3) is 4.07. The molecule has 1 unspecified atom stereocenters. The van der Waals surface area contributed by atoms with Crippen LogP contribution in [0.3, 0.4) is 0 Å². The lowest BCUT2D eigenvalue weighted by atomic mass is 10.0. The Morgan fingerprint density at radius 1 is 1.03 bits per heavy atom. The fourth-order valence-electron chi connectivity index (χ4n) is 3.92. The summed E-state index contributed by atoms with van der Waals surface area (Å²) in [5.74, 6) is -0.471. The van der Waals surface area contributed by atoms with Crippen molar-refractivity contribution in [2.24, 2.45) is 0 Å². The number of carbonyl (C=O) groups is 1. The molecule has 5 heteroatoms. The lowest BCUT2D eigenvalue weighted by Gasteiger charge is -2.22. The van der Waals surface area contributed by atoms with E-state index >= 15 is 0 Å². The predicted molar refractivity (Wildman–Crippen MR) is 121 cm³/mol. The van der Waals surface area contributed by atoms with Gasteiger partial charge in [0.2, 0.25) is 0 Å². The molecule has 1 heterocycles. The van der Waals surface area contributed by atoms with Gasteiger partial charge in [-0.05, 0) is 54.9 Å². The summed E-state index contributed by atoms with van der Waals surface area (Å²) in [7, 11) is 3.61. The van der Waals surface area contributed by atoms with Gasteiger partial charge in [-0.2, -0.15) is 0 Å². The van der Waals surface area contributed by atoms with Gasteiger partial charge in [-0.1, -0.05) is 42.5 Å². The lowest BCUT2D eigenvalue weighted by molar-refractivity contribution is 0.0993. The standard InChI is InChI=1S/C25H26FN3O/c1-27-21-14-15-29(17-21)24-13-12-22(16-23(24)26)28(2)25(30)20-10-8-19(9-11-20)18-6-4-3-5-7-18/h3-13,16,21,27H,14-15,17H2,1-2H3. The van der Waals surface area contributed by atoms with Crippen LogP contribution in [0, 0.1) is 5.82 Å². The van der Waals surface area contributed by atoms with Crippen molar-refractivity contribution in [3.8, 4) is 11.1 Å². The van der Waals surface area contributed by atoms with Crippen LogP contribution in [0.5, 0.6) is 0 Å². The Morgan fingerprint density at radius 3 is 2.37 bits per heavy atom. The van der Waals surface area contributed by atoms with E-state index in [4.69, 9.17) is 0 Å². The third-order valence-electron chi connectivity index (χ3n) is 5.80. The van der Waals surface area contributed by atoms with Crippen molar-refractivity contribution in [1.29, 1.82) is 0 Å². The van der Waals surface area contributed by atoms with Crippen molar-refractivity contribution in [3.63, 3.8) is 0 Å². The molecule has 0 bridgehead atoms. The summed E-state index contributed by atoms with van der Waals surface area (Å²) < 4.78 is 14.8. The summed E-state index contributed by atoms with van der Waals surface area (Å²) in [5, 5.41) is 3.24. The van der Waals surface area contributed by atoms with E-state index in [0.29, 0.717) is 23.0 Å². The fourth-order valence-corrected chi connectivity index (χ4v) is 3.92. The molecule has 4 rings (SSSR count). The fraction of sp³-hybridized carbons (Fsp3) is 0.240. The second-order valence-electron chi connectivity index (χ2n) is 7.66. The van der Waals surface area contributed by atoms with Gasteiger partial charge in [0.05, 0.1) is 5.69 Å². The van der Waals surface area contributed by atoms with Crippen molar-refractivity contribution < 1.29 is 9.18 Å². The van der Waals surface area contributed by atoms with Gasteiger partial charge in [0, 0.05) is 37.4 Å². The van der Waals surface area contributed by atoms with Crippen LogP contribution in [0.15, 0.2) is 72.8 Å². The number of nitrogens with zero attached hydrogens (tertiary/aromatic N) is 2. The number of amides is 1. The zero-order valence-electron chi connectivity index (χ0n) is 17.3. The Balaban J connectivity index is 1.49. The largest absolute Gasteiger partial charge is 0.368 e. The predicted octanol–water partition coefficient (Wildman–Crippen LogP) is 4.57. The zero-order valence-corrected chi connectivity index (χ0v) is 17.3.